The van der Waals surface area contributed by atoms with Gasteiger partial charge in [0.2, 0.25) is 0 Å². The number of benzene rings is 1. The second-order valence-electron chi connectivity index (χ2n) is 4.41. The average Bonchev–Trinajstić information content (AvgIpc) is 2.45. The molecule has 1 unspecified atom stereocenters. The number of thioether (sulfide) groups is 1. The van der Waals surface area contributed by atoms with Crippen molar-refractivity contribution >= 4 is 29.1 Å². The summed E-state index contributed by atoms with van der Waals surface area (Å²) in [6.07, 6.45) is 4.21. The minimum atomic E-state index is 0.116. The Morgan fingerprint density at radius 1 is 1.35 bits per heavy atom. The summed E-state index contributed by atoms with van der Waals surface area (Å²) in [4.78, 5) is 5.21. The van der Waals surface area contributed by atoms with E-state index in [9.17, 15) is 0 Å². The maximum absolute atomic E-state index is 5.97. The van der Waals surface area contributed by atoms with Crippen LogP contribution in [-0.4, -0.2) is 16.8 Å². The predicted octanol–water partition coefficient (Wildman–Crippen LogP) is 2.48. The van der Waals surface area contributed by atoms with Crippen molar-refractivity contribution in [3.63, 3.8) is 0 Å². The standard InChI is InChI=1S/C14H17ClN4S/c15-11-2-1-3-13(7-11)20-9-12(19-17)6-10-8-18-5-4-14(10)16/h1-5,7-8,12,19H,6,9,17H2,(H2,16,18). The number of nitrogens with two attached hydrogens (primary N) is 2. The Morgan fingerprint density at radius 3 is 2.90 bits per heavy atom. The zero-order chi connectivity index (χ0) is 14.4. The first kappa shape index (κ1) is 15.1. The molecule has 5 N–H and O–H groups in total. The van der Waals surface area contributed by atoms with Crippen molar-refractivity contribution in [3.05, 3.63) is 53.3 Å². The van der Waals surface area contributed by atoms with Gasteiger partial charge in [-0.15, -0.1) is 11.8 Å². The number of hydrazine groups is 1. The number of nitrogens with zero attached hydrogens (tertiary/aromatic N) is 1. The van der Waals surface area contributed by atoms with E-state index in [-0.39, 0.29) is 6.04 Å². The van der Waals surface area contributed by atoms with Gasteiger partial charge in [0.15, 0.2) is 0 Å². The second-order valence-corrected chi connectivity index (χ2v) is 5.94. The maximum Gasteiger partial charge on any atom is 0.0417 e. The van der Waals surface area contributed by atoms with Crippen LogP contribution < -0.4 is 17.0 Å². The summed E-state index contributed by atoms with van der Waals surface area (Å²) < 4.78 is 0. The van der Waals surface area contributed by atoms with Crippen molar-refractivity contribution in [3.8, 4) is 0 Å². The highest BCUT2D eigenvalue weighted by Gasteiger charge is 2.10. The molecule has 0 radical (unpaired) electrons. The van der Waals surface area contributed by atoms with Gasteiger partial charge in [0, 0.05) is 39.8 Å². The summed E-state index contributed by atoms with van der Waals surface area (Å²) in [5.74, 6) is 6.44. The highest BCUT2D eigenvalue weighted by molar-refractivity contribution is 7.99. The Labute approximate surface area is 127 Å². The molecule has 0 aliphatic heterocycles. The number of halogens is 1. The number of aromatic nitrogens is 1. The molecular formula is C14H17ClN4S. The first-order chi connectivity index (χ1) is 9.69. The normalized spacial score (nSPS) is 12.3. The molecule has 0 spiro atoms. The molecule has 2 aromatic rings. The molecule has 0 saturated heterocycles. The van der Waals surface area contributed by atoms with E-state index in [0.29, 0.717) is 0 Å². The molecule has 1 atom stereocenters. The molecule has 0 saturated carbocycles. The molecule has 1 heterocycles. The number of hydrogen-bond donors (Lipinski definition) is 3. The third kappa shape index (κ3) is 4.38. The largest absolute Gasteiger partial charge is 0.398 e. The molecule has 0 fully saturated rings. The van der Waals surface area contributed by atoms with Crippen LogP contribution in [0, 0.1) is 0 Å². The first-order valence-corrected chi connectivity index (χ1v) is 7.58. The molecule has 2 rings (SSSR count). The highest BCUT2D eigenvalue weighted by Crippen LogP contribution is 2.23. The van der Waals surface area contributed by atoms with Crippen LogP contribution in [0.25, 0.3) is 0 Å². The molecule has 106 valence electrons. The average molecular weight is 309 g/mol. The predicted molar refractivity (Wildman–Crippen MR) is 85.6 cm³/mol. The van der Waals surface area contributed by atoms with Crippen molar-refractivity contribution in [1.29, 1.82) is 0 Å². The lowest BCUT2D eigenvalue weighted by Crippen LogP contribution is -2.38. The number of anilines is 1. The van der Waals surface area contributed by atoms with Crippen LogP contribution in [0.15, 0.2) is 47.6 Å². The minimum absolute atomic E-state index is 0.116. The summed E-state index contributed by atoms with van der Waals surface area (Å²) >= 11 is 7.67. The molecule has 4 nitrogen and oxygen atoms in total. The molecule has 20 heavy (non-hydrogen) atoms. The van der Waals surface area contributed by atoms with Gasteiger partial charge in [-0.2, -0.15) is 0 Å². The molecule has 1 aromatic heterocycles. The van der Waals surface area contributed by atoms with E-state index in [4.69, 9.17) is 23.2 Å². The fourth-order valence-corrected chi connectivity index (χ4v) is 3.04. The fraction of sp³-hybridized carbons (Fsp3) is 0.214. The lowest BCUT2D eigenvalue weighted by molar-refractivity contribution is 0.575. The fourth-order valence-electron chi connectivity index (χ4n) is 1.79. The zero-order valence-corrected chi connectivity index (χ0v) is 12.5. The van der Waals surface area contributed by atoms with Gasteiger partial charge in [0.1, 0.15) is 0 Å². The summed E-state index contributed by atoms with van der Waals surface area (Å²) in [5, 5.41) is 0.740. The number of pyridine rings is 1. The van der Waals surface area contributed by atoms with Gasteiger partial charge in [-0.1, -0.05) is 17.7 Å². The van der Waals surface area contributed by atoms with Gasteiger partial charge >= 0.3 is 0 Å². The van der Waals surface area contributed by atoms with E-state index in [2.05, 4.69) is 10.4 Å². The number of nitrogen functional groups attached to an aromatic ring is 1. The van der Waals surface area contributed by atoms with E-state index in [0.717, 1.165) is 33.3 Å². The monoisotopic (exact) mass is 308 g/mol. The Balaban J connectivity index is 1.94. The van der Waals surface area contributed by atoms with Crippen LogP contribution in [-0.2, 0) is 6.42 Å². The van der Waals surface area contributed by atoms with E-state index in [1.165, 1.54) is 0 Å². The van der Waals surface area contributed by atoms with Crippen molar-refractivity contribution < 1.29 is 0 Å². The zero-order valence-electron chi connectivity index (χ0n) is 10.9. The highest BCUT2D eigenvalue weighted by atomic mass is 35.5. The molecule has 1 aromatic carbocycles. The minimum Gasteiger partial charge on any atom is -0.398 e. The molecule has 6 heteroatoms. The smallest absolute Gasteiger partial charge is 0.0417 e. The Kier molecular flexibility index (Phi) is 5.67. The van der Waals surface area contributed by atoms with E-state index >= 15 is 0 Å². The molecular weight excluding hydrogens is 292 g/mol. The summed E-state index contributed by atoms with van der Waals surface area (Å²) in [5.41, 5.74) is 10.5. The first-order valence-electron chi connectivity index (χ1n) is 6.22. The number of rotatable bonds is 6. The van der Waals surface area contributed by atoms with Crippen LogP contribution in [0.4, 0.5) is 5.69 Å². The molecule has 0 aliphatic carbocycles. The van der Waals surface area contributed by atoms with E-state index in [1.807, 2.05) is 24.3 Å². The maximum atomic E-state index is 5.97. The third-order valence-electron chi connectivity index (χ3n) is 2.89. The lowest BCUT2D eigenvalue weighted by atomic mass is 10.1. The van der Waals surface area contributed by atoms with Crippen LogP contribution in [0.5, 0.6) is 0 Å². The SMILES string of the molecule is NNC(CSc1cccc(Cl)c1)Cc1cnccc1N. The van der Waals surface area contributed by atoms with Gasteiger partial charge in [-0.3, -0.25) is 16.3 Å². The summed E-state index contributed by atoms with van der Waals surface area (Å²) in [6.45, 7) is 0. The van der Waals surface area contributed by atoms with Gasteiger partial charge in [0.05, 0.1) is 0 Å². The van der Waals surface area contributed by atoms with Crippen molar-refractivity contribution in [2.24, 2.45) is 5.84 Å². The van der Waals surface area contributed by atoms with Crippen LogP contribution in [0.2, 0.25) is 5.02 Å². The van der Waals surface area contributed by atoms with E-state index in [1.54, 1.807) is 30.2 Å². The Hall–Kier alpha value is -1.27. The van der Waals surface area contributed by atoms with Crippen molar-refractivity contribution in [2.45, 2.75) is 17.4 Å². The van der Waals surface area contributed by atoms with Gasteiger partial charge in [0.25, 0.3) is 0 Å². The van der Waals surface area contributed by atoms with E-state index < -0.39 is 0 Å². The van der Waals surface area contributed by atoms with Crippen molar-refractivity contribution in [1.82, 2.24) is 10.4 Å². The topological polar surface area (TPSA) is 77.0 Å². The van der Waals surface area contributed by atoms with Gasteiger partial charge in [-0.05, 0) is 36.2 Å². The van der Waals surface area contributed by atoms with Crippen LogP contribution >= 0.6 is 23.4 Å². The number of nitrogens with one attached hydrogen (secondary N) is 1. The van der Waals surface area contributed by atoms with Gasteiger partial charge < -0.3 is 5.73 Å². The lowest BCUT2D eigenvalue weighted by Gasteiger charge is -2.16. The summed E-state index contributed by atoms with van der Waals surface area (Å²) in [6, 6.07) is 9.69. The quantitative estimate of drug-likeness (QED) is 0.434. The Morgan fingerprint density at radius 2 is 2.20 bits per heavy atom. The van der Waals surface area contributed by atoms with Crippen LogP contribution in [0.3, 0.4) is 0 Å². The molecule has 0 amide bonds. The summed E-state index contributed by atoms with van der Waals surface area (Å²) in [7, 11) is 0. The number of hydrogen-bond acceptors (Lipinski definition) is 5. The third-order valence-corrected chi connectivity index (χ3v) is 4.28. The Bertz CT molecular complexity index is 564. The van der Waals surface area contributed by atoms with Crippen LogP contribution in [0.1, 0.15) is 5.56 Å². The van der Waals surface area contributed by atoms with Crippen molar-refractivity contribution in [2.75, 3.05) is 11.5 Å². The molecule has 0 aliphatic rings. The van der Waals surface area contributed by atoms with Gasteiger partial charge in [-0.25, -0.2) is 0 Å². The second kappa shape index (κ2) is 7.50. The molecule has 0 bridgehead atoms.